The number of carboxylic acid groups (broad SMARTS) is 2. The summed E-state index contributed by atoms with van der Waals surface area (Å²) in [6, 6.07) is 0.680. The Labute approximate surface area is 236 Å². The Balaban J connectivity index is 1.35. The molecule has 2 aliphatic heterocycles. The topological polar surface area (TPSA) is 228 Å². The number of carbonyl (C=O) groups is 4. The lowest BCUT2D eigenvalue weighted by atomic mass is 10.0. The summed E-state index contributed by atoms with van der Waals surface area (Å²) in [6.07, 6.45) is 0. The maximum atomic E-state index is 13.1. The van der Waals surface area contributed by atoms with E-state index in [9.17, 15) is 29.4 Å². The Morgan fingerprint density at radius 2 is 2.05 bits per heavy atom. The van der Waals surface area contributed by atoms with Gasteiger partial charge in [0.05, 0.1) is 0 Å². The number of nitrogen functional groups attached to an aromatic ring is 1. The van der Waals surface area contributed by atoms with Gasteiger partial charge in [0.1, 0.15) is 34.9 Å². The zero-order valence-electron chi connectivity index (χ0n) is 20.6. The van der Waals surface area contributed by atoms with Crippen LogP contribution in [0, 0.1) is 6.92 Å². The molecule has 16 nitrogen and oxygen atoms in total. The van der Waals surface area contributed by atoms with Gasteiger partial charge >= 0.3 is 11.9 Å². The van der Waals surface area contributed by atoms with Crippen molar-refractivity contribution in [3.63, 3.8) is 0 Å². The van der Waals surface area contributed by atoms with Gasteiger partial charge in [0.2, 0.25) is 0 Å². The predicted octanol–water partition coefficient (Wildman–Crippen LogP) is 0.0510. The first-order valence-corrected chi connectivity index (χ1v) is 14.1. The molecular formula is C21H19N9O7S3. The average Bonchev–Trinajstić information content (AvgIpc) is 3.54. The Morgan fingerprint density at radius 1 is 1.27 bits per heavy atom. The lowest BCUT2D eigenvalue weighted by Crippen LogP contribution is -2.71. The van der Waals surface area contributed by atoms with Gasteiger partial charge in [-0.2, -0.15) is 9.50 Å². The summed E-state index contributed by atoms with van der Waals surface area (Å²) < 4.78 is 1.27. The highest BCUT2D eigenvalue weighted by atomic mass is 32.2. The minimum absolute atomic E-state index is 0.0960. The second-order valence-electron chi connectivity index (χ2n) is 8.29. The minimum atomic E-state index is -1.31. The van der Waals surface area contributed by atoms with Crippen molar-refractivity contribution in [3.05, 3.63) is 39.9 Å². The highest BCUT2D eigenvalue weighted by Gasteiger charge is 2.54. The Kier molecular flexibility index (Phi) is 7.34. The fourth-order valence-corrected chi connectivity index (χ4v) is 7.09. The molecule has 40 heavy (non-hydrogen) atoms. The molecule has 5 rings (SSSR count). The second kappa shape index (κ2) is 10.7. The van der Waals surface area contributed by atoms with E-state index in [4.69, 9.17) is 10.6 Å². The number of amides is 2. The molecule has 3 aromatic heterocycles. The first kappa shape index (κ1) is 27.3. The van der Waals surface area contributed by atoms with Crippen molar-refractivity contribution in [2.75, 3.05) is 24.3 Å². The predicted molar refractivity (Wildman–Crippen MR) is 143 cm³/mol. The van der Waals surface area contributed by atoms with Crippen LogP contribution in [0.4, 0.5) is 5.13 Å². The second-order valence-corrected chi connectivity index (χ2v) is 11.3. The fourth-order valence-electron chi connectivity index (χ4n) is 4.00. The van der Waals surface area contributed by atoms with Crippen LogP contribution in [0.2, 0.25) is 0 Å². The molecule has 0 aromatic carbocycles. The van der Waals surface area contributed by atoms with Crippen LogP contribution in [-0.2, 0) is 19.2 Å². The van der Waals surface area contributed by atoms with Gasteiger partial charge in [-0.3, -0.25) is 14.5 Å². The maximum absolute atomic E-state index is 13.1. The number of aromatic carboxylic acids is 1. The van der Waals surface area contributed by atoms with Crippen molar-refractivity contribution < 1.29 is 34.2 Å². The van der Waals surface area contributed by atoms with E-state index in [0.717, 1.165) is 16.2 Å². The van der Waals surface area contributed by atoms with E-state index in [0.29, 0.717) is 16.3 Å². The molecular weight excluding hydrogens is 586 g/mol. The van der Waals surface area contributed by atoms with Crippen LogP contribution in [0.15, 0.2) is 32.9 Å². The summed E-state index contributed by atoms with van der Waals surface area (Å²) in [6.45, 7) is 1.71. The summed E-state index contributed by atoms with van der Waals surface area (Å²) in [5.74, 6) is -3.80. The Morgan fingerprint density at radius 3 is 2.70 bits per heavy atom. The van der Waals surface area contributed by atoms with Crippen molar-refractivity contribution in [1.82, 2.24) is 34.8 Å². The highest BCUT2D eigenvalue weighted by Crippen LogP contribution is 2.41. The molecule has 5 N–H and O–H groups in total. The summed E-state index contributed by atoms with van der Waals surface area (Å²) in [5, 5.41) is 31.1. The standard InChI is InChI=1S/C21H19N9O7S3/c1-7-3-10(30-21(23-7)26-14(27-30)19(35)36)38-4-8-5-39-17-12(16(32)29(17)13(8)18(33)34)25-15(31)11(28-37-2)9-6-40-20(22)24-9/h3,6,12,17H,4-5H2,1-2H3,(H2,22,24)(H,25,31)(H,33,34)(H,35,36)/t12-,17-/m1/s1. The molecule has 0 aliphatic carbocycles. The van der Waals surface area contributed by atoms with E-state index < -0.39 is 41.0 Å². The van der Waals surface area contributed by atoms with E-state index in [-0.39, 0.29) is 39.5 Å². The van der Waals surface area contributed by atoms with Gasteiger partial charge in [-0.15, -0.1) is 40.0 Å². The van der Waals surface area contributed by atoms with Crippen LogP contribution in [0.1, 0.15) is 22.0 Å². The number of aromatic nitrogens is 5. The monoisotopic (exact) mass is 605 g/mol. The van der Waals surface area contributed by atoms with Crippen LogP contribution >= 0.6 is 34.9 Å². The molecule has 1 saturated heterocycles. The maximum Gasteiger partial charge on any atom is 0.375 e. The number of thiazole rings is 1. The summed E-state index contributed by atoms with van der Waals surface area (Å²) in [5.41, 5.74) is 6.52. The molecule has 2 aliphatic rings. The number of nitrogens with one attached hydrogen (secondary N) is 1. The van der Waals surface area contributed by atoms with Crippen LogP contribution in [-0.4, -0.2) is 99.2 Å². The smallest absolute Gasteiger partial charge is 0.375 e. The normalized spacial score (nSPS) is 18.9. The van der Waals surface area contributed by atoms with Gasteiger partial charge in [0.15, 0.2) is 10.8 Å². The Bertz CT molecular complexity index is 1630. The number of nitrogens with two attached hydrogens (primary N) is 1. The zero-order valence-corrected chi connectivity index (χ0v) is 23.0. The molecule has 0 spiro atoms. The number of thioether (sulfide) groups is 2. The quantitative estimate of drug-likeness (QED) is 0.0831. The number of fused-ring (bicyclic) bond motifs is 2. The van der Waals surface area contributed by atoms with Gasteiger partial charge < -0.3 is 26.1 Å². The minimum Gasteiger partial charge on any atom is -0.477 e. The van der Waals surface area contributed by atoms with Gasteiger partial charge in [-0.1, -0.05) is 5.16 Å². The van der Waals surface area contributed by atoms with E-state index in [1.54, 1.807) is 13.0 Å². The molecule has 2 amide bonds. The molecule has 3 aromatic rings. The van der Waals surface area contributed by atoms with Gasteiger partial charge in [-0.05, 0) is 18.6 Å². The number of carbonyl (C=O) groups excluding carboxylic acids is 2. The van der Waals surface area contributed by atoms with Crippen LogP contribution < -0.4 is 11.1 Å². The first-order chi connectivity index (χ1) is 19.1. The molecule has 0 saturated carbocycles. The number of rotatable bonds is 9. The molecule has 2 atom stereocenters. The highest BCUT2D eigenvalue weighted by molar-refractivity contribution is 8.01. The summed E-state index contributed by atoms with van der Waals surface area (Å²) >= 11 is 3.61. The van der Waals surface area contributed by atoms with Gasteiger partial charge in [0, 0.05) is 22.6 Å². The molecule has 0 unspecified atom stereocenters. The number of carboxylic acids is 2. The van der Waals surface area contributed by atoms with Crippen LogP contribution in [0.5, 0.6) is 0 Å². The zero-order chi connectivity index (χ0) is 28.7. The number of β-lactam (4-membered cyclic amide) rings is 1. The first-order valence-electron chi connectivity index (χ1n) is 11.2. The molecule has 1 fully saturated rings. The third-order valence-electron chi connectivity index (χ3n) is 5.69. The summed E-state index contributed by atoms with van der Waals surface area (Å²) in [4.78, 5) is 67.5. The molecule has 19 heteroatoms. The van der Waals surface area contributed by atoms with Gasteiger partial charge in [0.25, 0.3) is 23.4 Å². The number of aliphatic carboxylic acids is 1. The third-order valence-corrected chi connectivity index (χ3v) is 8.78. The number of oxime groups is 1. The molecule has 208 valence electrons. The Hall–Kier alpha value is -4.23. The molecule has 5 heterocycles. The third kappa shape index (κ3) is 4.93. The number of hydrogen-bond donors (Lipinski definition) is 4. The van der Waals surface area contributed by atoms with E-state index in [1.807, 2.05) is 0 Å². The lowest BCUT2D eigenvalue weighted by Gasteiger charge is -2.49. The fraction of sp³-hybridized carbons (Fsp3) is 0.286. The van der Waals surface area contributed by atoms with Crippen molar-refractivity contribution in [2.45, 2.75) is 23.4 Å². The SMILES string of the molecule is CON=C(C(=O)N[C@@H]1C(=O)N2C(C(=O)O)=C(CSc3cc(C)nc4nc(C(=O)O)nn34)CS[C@H]12)c1csc(N)n1. The number of anilines is 1. The van der Waals surface area contributed by atoms with E-state index >= 15 is 0 Å². The van der Waals surface area contributed by atoms with Crippen LogP contribution in [0.25, 0.3) is 5.78 Å². The average molecular weight is 606 g/mol. The van der Waals surface area contributed by atoms with Crippen LogP contribution in [0.3, 0.4) is 0 Å². The van der Waals surface area contributed by atoms with Gasteiger partial charge in [-0.25, -0.2) is 19.6 Å². The van der Waals surface area contributed by atoms with Crippen molar-refractivity contribution in [2.24, 2.45) is 5.16 Å². The lowest BCUT2D eigenvalue weighted by molar-refractivity contribution is -0.150. The van der Waals surface area contributed by atoms with Crippen molar-refractivity contribution in [3.8, 4) is 0 Å². The number of hydrogen-bond acceptors (Lipinski definition) is 14. The molecule has 0 radical (unpaired) electrons. The largest absolute Gasteiger partial charge is 0.477 e. The number of aryl methyl sites for hydroxylation is 1. The van der Waals surface area contributed by atoms with Crippen molar-refractivity contribution >= 4 is 75.2 Å². The molecule has 0 bridgehead atoms. The van der Waals surface area contributed by atoms with E-state index in [2.05, 4.69) is 30.5 Å². The van der Waals surface area contributed by atoms with E-state index in [1.165, 1.54) is 40.5 Å². The number of nitrogens with zero attached hydrogens (tertiary/aromatic N) is 7. The van der Waals surface area contributed by atoms with Crippen molar-refractivity contribution in [1.29, 1.82) is 0 Å². The summed E-state index contributed by atoms with van der Waals surface area (Å²) in [7, 11) is 1.26.